The molecule has 0 nitrogen and oxygen atoms in total. The predicted molar refractivity (Wildman–Crippen MR) is 46.0 cm³/mol. The van der Waals surface area contributed by atoms with Crippen LogP contribution in [0.25, 0.3) is 0 Å². The molecule has 10 heavy (non-hydrogen) atoms. The summed E-state index contributed by atoms with van der Waals surface area (Å²) in [6, 6.07) is 0. The van der Waals surface area contributed by atoms with E-state index >= 15 is 0 Å². The van der Waals surface area contributed by atoms with E-state index in [0.717, 1.165) is 5.92 Å². The van der Waals surface area contributed by atoms with Crippen LogP contribution in [0.15, 0.2) is 0 Å². The molecular formula is C10H20. The lowest BCUT2D eigenvalue weighted by atomic mass is 9.71. The first kappa shape index (κ1) is 8.10. The van der Waals surface area contributed by atoms with Crippen molar-refractivity contribution < 1.29 is 0 Å². The van der Waals surface area contributed by atoms with Gasteiger partial charge in [0.1, 0.15) is 0 Å². The molecule has 1 aliphatic rings. The van der Waals surface area contributed by atoms with Gasteiger partial charge in [0.05, 0.1) is 0 Å². The molecule has 0 unspecified atom stereocenters. The van der Waals surface area contributed by atoms with Crippen molar-refractivity contribution in [2.45, 2.75) is 52.9 Å². The lowest BCUT2D eigenvalue weighted by molar-refractivity contribution is 0.172. The molecule has 1 fully saturated rings. The fourth-order valence-electron chi connectivity index (χ4n) is 1.81. The monoisotopic (exact) mass is 140 g/mol. The molecule has 0 aliphatic heterocycles. The molecule has 0 heteroatoms. The van der Waals surface area contributed by atoms with E-state index in [1.807, 2.05) is 0 Å². The Morgan fingerprint density at radius 1 is 1.30 bits per heavy atom. The topological polar surface area (TPSA) is 0 Å². The Morgan fingerprint density at radius 3 is 2.20 bits per heavy atom. The summed E-state index contributed by atoms with van der Waals surface area (Å²) in [6.07, 6.45) is 7.23. The highest BCUT2D eigenvalue weighted by Crippen LogP contribution is 2.40. The van der Waals surface area contributed by atoms with Crippen molar-refractivity contribution in [2.75, 3.05) is 0 Å². The highest BCUT2D eigenvalue weighted by molar-refractivity contribution is 4.79. The number of hydrogen-bond donors (Lipinski definition) is 0. The van der Waals surface area contributed by atoms with Crippen LogP contribution < -0.4 is 0 Å². The summed E-state index contributed by atoms with van der Waals surface area (Å²) >= 11 is 0. The molecule has 0 N–H and O–H groups in total. The van der Waals surface area contributed by atoms with Crippen LogP contribution in [-0.2, 0) is 0 Å². The summed E-state index contributed by atoms with van der Waals surface area (Å²) in [6.45, 7) is 7.16. The van der Waals surface area contributed by atoms with Gasteiger partial charge in [-0.15, -0.1) is 0 Å². The average molecular weight is 140 g/mol. The van der Waals surface area contributed by atoms with Crippen molar-refractivity contribution in [1.29, 1.82) is 0 Å². The molecule has 1 saturated carbocycles. The van der Waals surface area contributed by atoms with E-state index in [-0.39, 0.29) is 0 Å². The first-order chi connectivity index (χ1) is 4.66. The van der Waals surface area contributed by atoms with Crippen molar-refractivity contribution in [3.05, 3.63) is 0 Å². The molecule has 0 amide bonds. The lowest BCUT2D eigenvalue weighted by Crippen LogP contribution is -2.22. The van der Waals surface area contributed by atoms with Crippen LogP contribution in [0.3, 0.4) is 0 Å². The minimum absolute atomic E-state index is 0.701. The van der Waals surface area contributed by atoms with E-state index in [9.17, 15) is 0 Å². The molecule has 0 aromatic heterocycles. The van der Waals surface area contributed by atoms with E-state index in [1.165, 1.54) is 32.1 Å². The van der Waals surface area contributed by atoms with Gasteiger partial charge in [-0.25, -0.2) is 0 Å². The minimum atomic E-state index is 0.701. The van der Waals surface area contributed by atoms with E-state index in [1.54, 1.807) is 0 Å². The Bertz CT molecular complexity index is 96.6. The zero-order valence-electron chi connectivity index (χ0n) is 7.61. The molecule has 0 atom stereocenters. The molecule has 60 valence electrons. The third-order valence-electron chi connectivity index (χ3n) is 3.33. The molecule has 1 rings (SSSR count). The smallest absolute Gasteiger partial charge is 0.0328 e. The Labute approximate surface area is 65.0 Å². The lowest BCUT2D eigenvalue weighted by Gasteiger charge is -2.35. The van der Waals surface area contributed by atoms with E-state index in [0.29, 0.717) is 5.41 Å². The third-order valence-corrected chi connectivity index (χ3v) is 3.33. The zero-order chi connectivity index (χ0) is 7.61. The molecule has 0 radical (unpaired) electrons. The second-order valence-electron chi connectivity index (χ2n) is 4.35. The molecule has 0 spiro atoms. The van der Waals surface area contributed by atoms with Crippen LogP contribution in [-0.4, -0.2) is 0 Å². The van der Waals surface area contributed by atoms with Crippen LogP contribution in [0.5, 0.6) is 0 Å². The first-order valence-electron chi connectivity index (χ1n) is 4.66. The second kappa shape index (κ2) is 2.94. The highest BCUT2D eigenvalue weighted by atomic mass is 14.3. The Hall–Kier alpha value is 0. The predicted octanol–water partition coefficient (Wildman–Crippen LogP) is 3.61. The fourth-order valence-corrected chi connectivity index (χ4v) is 1.81. The van der Waals surface area contributed by atoms with Gasteiger partial charge in [-0.2, -0.15) is 0 Å². The fraction of sp³-hybridized carbons (Fsp3) is 1.00. The van der Waals surface area contributed by atoms with Crippen LogP contribution in [0.4, 0.5) is 0 Å². The molecular weight excluding hydrogens is 120 g/mol. The Kier molecular flexibility index (Phi) is 2.38. The number of hydrogen-bond acceptors (Lipinski definition) is 0. The summed E-state index contributed by atoms with van der Waals surface area (Å²) in [4.78, 5) is 0. The first-order valence-corrected chi connectivity index (χ1v) is 4.66. The van der Waals surface area contributed by atoms with Crippen molar-refractivity contribution in [2.24, 2.45) is 11.3 Å². The van der Waals surface area contributed by atoms with Crippen LogP contribution >= 0.6 is 0 Å². The van der Waals surface area contributed by atoms with Crippen molar-refractivity contribution in [1.82, 2.24) is 0 Å². The summed E-state index contributed by atoms with van der Waals surface area (Å²) in [7, 11) is 0. The van der Waals surface area contributed by atoms with Gasteiger partial charge in [-0.1, -0.05) is 40.0 Å². The van der Waals surface area contributed by atoms with Crippen LogP contribution in [0.1, 0.15) is 52.9 Å². The van der Waals surface area contributed by atoms with Gasteiger partial charge < -0.3 is 0 Å². The van der Waals surface area contributed by atoms with Gasteiger partial charge in [0.2, 0.25) is 0 Å². The largest absolute Gasteiger partial charge is 0.0649 e. The summed E-state index contributed by atoms with van der Waals surface area (Å²) in [5.74, 6) is 1.000. The summed E-state index contributed by atoms with van der Waals surface area (Å²) < 4.78 is 0. The molecule has 1 aliphatic carbocycles. The quantitative estimate of drug-likeness (QED) is 0.522. The molecule has 0 bridgehead atoms. The molecule has 0 saturated heterocycles. The molecule has 0 aromatic rings. The van der Waals surface area contributed by atoms with Gasteiger partial charge in [-0.3, -0.25) is 0 Å². The minimum Gasteiger partial charge on any atom is -0.0649 e. The zero-order valence-corrected chi connectivity index (χ0v) is 7.61. The van der Waals surface area contributed by atoms with Gasteiger partial charge in [0.15, 0.2) is 0 Å². The molecule has 0 heterocycles. The second-order valence-corrected chi connectivity index (χ2v) is 4.35. The van der Waals surface area contributed by atoms with Gasteiger partial charge in [-0.05, 0) is 24.2 Å². The Balaban J connectivity index is 2.38. The average Bonchev–Trinajstić information content (AvgIpc) is 1.96. The van der Waals surface area contributed by atoms with Crippen molar-refractivity contribution >= 4 is 0 Å². The Morgan fingerprint density at radius 2 is 1.80 bits per heavy atom. The van der Waals surface area contributed by atoms with Crippen molar-refractivity contribution in [3.8, 4) is 0 Å². The maximum atomic E-state index is 2.44. The number of rotatable bonds is 1. The van der Waals surface area contributed by atoms with Crippen LogP contribution in [0.2, 0.25) is 0 Å². The normalized spacial score (nSPS) is 41.7. The summed E-state index contributed by atoms with van der Waals surface area (Å²) in [5.41, 5.74) is 0.701. The van der Waals surface area contributed by atoms with Crippen molar-refractivity contribution in [3.63, 3.8) is 0 Å². The third kappa shape index (κ3) is 1.74. The summed E-state index contributed by atoms with van der Waals surface area (Å²) in [5, 5.41) is 0. The SMILES string of the molecule is CCC1(C)CCC(C)CC1. The maximum Gasteiger partial charge on any atom is -0.0328 e. The van der Waals surface area contributed by atoms with E-state index < -0.39 is 0 Å². The van der Waals surface area contributed by atoms with Gasteiger partial charge in [0, 0.05) is 0 Å². The van der Waals surface area contributed by atoms with Crippen LogP contribution in [0, 0.1) is 11.3 Å². The standard InChI is InChI=1S/C10H20/c1-4-10(3)7-5-9(2)6-8-10/h9H,4-8H2,1-3H3. The van der Waals surface area contributed by atoms with E-state index in [4.69, 9.17) is 0 Å². The van der Waals surface area contributed by atoms with E-state index in [2.05, 4.69) is 20.8 Å². The molecule has 0 aromatic carbocycles. The highest BCUT2D eigenvalue weighted by Gasteiger charge is 2.27. The maximum absolute atomic E-state index is 2.44. The van der Waals surface area contributed by atoms with Gasteiger partial charge >= 0.3 is 0 Å². The van der Waals surface area contributed by atoms with Gasteiger partial charge in [0.25, 0.3) is 0 Å².